The molecule has 1 aliphatic heterocycles. The number of carbonyl (C=O) groups is 1. The Balaban J connectivity index is 1.27. The monoisotopic (exact) mass is 466 g/mol. The van der Waals surface area contributed by atoms with Crippen LogP contribution >= 0.6 is 11.3 Å². The van der Waals surface area contributed by atoms with E-state index in [1.54, 1.807) is 36.3 Å². The number of thiazole rings is 1. The molecule has 170 valence electrons. The number of carbonyl (C=O) groups excluding carboxylic acids is 1. The standard InChI is InChI=1S/C24H22N2O6S/c1-29-16-6-7-20-18(13-16)25-24(33-20)31-15-8-10-26(11-9-15)22(27)17-12-14-4-3-5-19(30-2)21(14)32-23(17)28/h3-7,12-13,15H,8-11H2,1-2H3. The van der Waals surface area contributed by atoms with Crippen LogP contribution in [0.5, 0.6) is 16.7 Å². The van der Waals surface area contributed by atoms with Crippen molar-refractivity contribution < 1.29 is 23.4 Å². The fraction of sp³-hybridized carbons (Fsp3) is 0.292. The first kappa shape index (κ1) is 21.3. The van der Waals surface area contributed by atoms with Gasteiger partial charge in [0.05, 0.1) is 24.4 Å². The molecule has 1 saturated heterocycles. The van der Waals surface area contributed by atoms with E-state index in [1.165, 1.54) is 18.4 Å². The molecule has 8 nitrogen and oxygen atoms in total. The van der Waals surface area contributed by atoms with Crippen molar-refractivity contribution in [3.05, 3.63) is 58.4 Å². The summed E-state index contributed by atoms with van der Waals surface area (Å²) in [6.45, 7) is 0.968. The van der Waals surface area contributed by atoms with Crippen LogP contribution < -0.4 is 19.8 Å². The van der Waals surface area contributed by atoms with Gasteiger partial charge in [0.1, 0.15) is 17.4 Å². The van der Waals surface area contributed by atoms with Gasteiger partial charge >= 0.3 is 5.63 Å². The fourth-order valence-corrected chi connectivity index (χ4v) is 4.84. The van der Waals surface area contributed by atoms with Crippen molar-refractivity contribution in [1.29, 1.82) is 0 Å². The molecule has 33 heavy (non-hydrogen) atoms. The van der Waals surface area contributed by atoms with Gasteiger partial charge in [0, 0.05) is 37.4 Å². The number of para-hydroxylation sites is 1. The Morgan fingerprint density at radius 1 is 1.12 bits per heavy atom. The summed E-state index contributed by atoms with van der Waals surface area (Å²) in [6, 6.07) is 12.6. The number of piperidine rings is 1. The van der Waals surface area contributed by atoms with Gasteiger partial charge in [-0.2, -0.15) is 0 Å². The first-order valence-electron chi connectivity index (χ1n) is 10.6. The van der Waals surface area contributed by atoms with Gasteiger partial charge in [0.25, 0.3) is 11.1 Å². The summed E-state index contributed by atoms with van der Waals surface area (Å²) < 4.78 is 23.0. The maximum Gasteiger partial charge on any atom is 0.349 e. The van der Waals surface area contributed by atoms with E-state index in [0.29, 0.717) is 47.8 Å². The summed E-state index contributed by atoms with van der Waals surface area (Å²) >= 11 is 1.49. The molecule has 1 aliphatic rings. The highest BCUT2D eigenvalue weighted by Gasteiger charge is 2.27. The number of amides is 1. The molecule has 2 aromatic heterocycles. The van der Waals surface area contributed by atoms with Crippen molar-refractivity contribution in [2.75, 3.05) is 27.3 Å². The van der Waals surface area contributed by atoms with E-state index in [2.05, 4.69) is 4.98 Å². The van der Waals surface area contributed by atoms with Gasteiger partial charge in [-0.1, -0.05) is 23.5 Å². The van der Waals surface area contributed by atoms with Gasteiger partial charge in [-0.3, -0.25) is 4.79 Å². The van der Waals surface area contributed by atoms with Crippen LogP contribution in [-0.2, 0) is 0 Å². The Bertz CT molecular complexity index is 1390. The molecule has 3 heterocycles. The summed E-state index contributed by atoms with van der Waals surface area (Å²) in [5, 5.41) is 1.25. The molecular formula is C24H22N2O6S. The predicted octanol–water partition coefficient (Wildman–Crippen LogP) is 4.10. The van der Waals surface area contributed by atoms with Gasteiger partial charge in [-0.25, -0.2) is 9.78 Å². The number of aromatic nitrogens is 1. The molecule has 2 aromatic carbocycles. The second kappa shape index (κ2) is 8.74. The molecule has 1 amide bonds. The molecule has 1 fully saturated rings. The third-order valence-corrected chi connectivity index (χ3v) is 6.67. The Labute approximate surface area is 193 Å². The lowest BCUT2D eigenvalue weighted by molar-refractivity contribution is 0.0592. The number of nitrogens with zero attached hydrogens (tertiary/aromatic N) is 2. The largest absolute Gasteiger partial charge is 0.497 e. The summed E-state index contributed by atoms with van der Waals surface area (Å²) in [4.78, 5) is 31.8. The van der Waals surface area contributed by atoms with Crippen molar-refractivity contribution in [1.82, 2.24) is 9.88 Å². The van der Waals surface area contributed by atoms with Gasteiger partial charge in [0.2, 0.25) is 0 Å². The van der Waals surface area contributed by atoms with E-state index >= 15 is 0 Å². The van der Waals surface area contributed by atoms with Crippen LogP contribution in [0.25, 0.3) is 21.2 Å². The highest BCUT2D eigenvalue weighted by atomic mass is 32.1. The van der Waals surface area contributed by atoms with Gasteiger partial charge < -0.3 is 23.5 Å². The van der Waals surface area contributed by atoms with Crippen LogP contribution in [0.2, 0.25) is 0 Å². The number of ether oxygens (including phenoxy) is 3. The molecule has 0 aliphatic carbocycles. The average molecular weight is 467 g/mol. The van der Waals surface area contributed by atoms with Crippen molar-refractivity contribution >= 4 is 38.4 Å². The van der Waals surface area contributed by atoms with E-state index in [9.17, 15) is 9.59 Å². The van der Waals surface area contributed by atoms with Crippen LogP contribution in [0.3, 0.4) is 0 Å². The van der Waals surface area contributed by atoms with E-state index < -0.39 is 5.63 Å². The molecule has 0 saturated carbocycles. The van der Waals surface area contributed by atoms with Gasteiger partial charge in [-0.05, 0) is 24.3 Å². The average Bonchev–Trinajstić information content (AvgIpc) is 3.24. The summed E-state index contributed by atoms with van der Waals surface area (Å²) in [5.41, 5.74) is 0.527. The zero-order chi connectivity index (χ0) is 22.9. The predicted molar refractivity (Wildman–Crippen MR) is 125 cm³/mol. The molecule has 0 atom stereocenters. The first-order chi connectivity index (χ1) is 16.1. The topological polar surface area (TPSA) is 91.1 Å². The molecule has 0 bridgehead atoms. The summed E-state index contributed by atoms with van der Waals surface area (Å²) in [7, 11) is 3.13. The zero-order valence-electron chi connectivity index (χ0n) is 18.2. The van der Waals surface area contributed by atoms with Gasteiger partial charge in [-0.15, -0.1) is 0 Å². The van der Waals surface area contributed by atoms with Gasteiger partial charge in [0.15, 0.2) is 11.3 Å². The van der Waals surface area contributed by atoms with E-state index in [-0.39, 0.29) is 17.6 Å². The highest BCUT2D eigenvalue weighted by molar-refractivity contribution is 7.20. The van der Waals surface area contributed by atoms with Crippen LogP contribution in [0.1, 0.15) is 23.2 Å². The van der Waals surface area contributed by atoms with E-state index in [1.807, 2.05) is 18.2 Å². The van der Waals surface area contributed by atoms with Crippen LogP contribution in [-0.4, -0.2) is 49.2 Å². The number of hydrogen-bond acceptors (Lipinski definition) is 8. The van der Waals surface area contributed by atoms with Crippen molar-refractivity contribution in [2.24, 2.45) is 0 Å². The number of methoxy groups -OCH3 is 2. The third kappa shape index (κ3) is 4.11. The number of rotatable bonds is 5. The lowest BCUT2D eigenvalue weighted by Gasteiger charge is -2.31. The molecule has 0 radical (unpaired) electrons. The molecule has 0 unspecified atom stereocenters. The number of likely N-dealkylation sites (tertiary alicyclic amines) is 1. The quantitative estimate of drug-likeness (QED) is 0.409. The molecular weight excluding hydrogens is 444 g/mol. The lowest BCUT2D eigenvalue weighted by atomic mass is 10.1. The second-order valence-corrected chi connectivity index (χ2v) is 8.74. The van der Waals surface area contributed by atoms with Crippen LogP contribution in [0.15, 0.2) is 51.7 Å². The number of benzene rings is 2. The normalized spacial score (nSPS) is 14.5. The SMILES string of the molecule is COc1ccc2sc(OC3CCN(C(=O)c4cc5cccc(OC)c5oc4=O)CC3)nc2c1. The summed E-state index contributed by atoms with van der Waals surface area (Å²) in [6.07, 6.45) is 1.25. The van der Waals surface area contributed by atoms with E-state index in [4.69, 9.17) is 18.6 Å². The Morgan fingerprint density at radius 3 is 2.70 bits per heavy atom. The minimum absolute atomic E-state index is 0.0234. The number of fused-ring (bicyclic) bond motifs is 2. The molecule has 4 aromatic rings. The molecule has 9 heteroatoms. The second-order valence-electron chi connectivity index (χ2n) is 7.75. The maximum atomic E-state index is 13.0. The first-order valence-corrected chi connectivity index (χ1v) is 11.4. The fourth-order valence-electron chi connectivity index (χ4n) is 3.98. The minimum Gasteiger partial charge on any atom is -0.497 e. The molecule has 0 N–H and O–H groups in total. The summed E-state index contributed by atoms with van der Waals surface area (Å²) in [5.74, 6) is 0.872. The van der Waals surface area contributed by atoms with Crippen molar-refractivity contribution in [3.63, 3.8) is 0 Å². The third-order valence-electron chi connectivity index (χ3n) is 5.75. The van der Waals surface area contributed by atoms with Crippen molar-refractivity contribution in [3.8, 4) is 16.7 Å². The number of hydrogen-bond donors (Lipinski definition) is 0. The maximum absolute atomic E-state index is 13.0. The molecule has 0 spiro atoms. The van der Waals surface area contributed by atoms with E-state index in [0.717, 1.165) is 16.0 Å². The molecule has 5 rings (SSSR count). The minimum atomic E-state index is -0.666. The lowest BCUT2D eigenvalue weighted by Crippen LogP contribution is -2.43. The highest BCUT2D eigenvalue weighted by Crippen LogP contribution is 2.32. The zero-order valence-corrected chi connectivity index (χ0v) is 19.0. The van der Waals surface area contributed by atoms with Crippen LogP contribution in [0, 0.1) is 0 Å². The smallest absolute Gasteiger partial charge is 0.349 e. The van der Waals surface area contributed by atoms with Crippen molar-refractivity contribution in [2.45, 2.75) is 18.9 Å². The van der Waals surface area contributed by atoms with Crippen LogP contribution in [0.4, 0.5) is 0 Å². The Hall–Kier alpha value is -3.59. The Kier molecular flexibility index (Phi) is 5.63. The Morgan fingerprint density at radius 2 is 1.94 bits per heavy atom.